The predicted octanol–water partition coefficient (Wildman–Crippen LogP) is 1.03. The number of rotatable bonds is 5. The van der Waals surface area contributed by atoms with Gasteiger partial charge in [0, 0.05) is 0 Å². The van der Waals surface area contributed by atoms with Crippen molar-refractivity contribution in [3.05, 3.63) is 12.0 Å². The summed E-state index contributed by atoms with van der Waals surface area (Å²) in [5.41, 5.74) is -0.179. The summed E-state index contributed by atoms with van der Waals surface area (Å²) in [5, 5.41) is 8.68. The maximum Gasteiger partial charge on any atom is 0.357 e. The van der Waals surface area contributed by atoms with Crippen molar-refractivity contribution in [2.75, 3.05) is 12.4 Å². The molecule has 0 spiro atoms. The highest BCUT2D eigenvalue weighted by Crippen LogP contribution is 2.16. The Morgan fingerprint density at radius 3 is 2.93 bits per heavy atom. The Balaban J connectivity index is 2.44. The van der Waals surface area contributed by atoms with Gasteiger partial charge in [0.15, 0.2) is 5.69 Å². The van der Waals surface area contributed by atoms with Crippen LogP contribution in [0.2, 0.25) is 0 Å². The number of carboxylic acid groups (broad SMARTS) is 1. The number of hydrogen-bond acceptors (Lipinski definition) is 6. The summed E-state index contributed by atoms with van der Waals surface area (Å²) >= 11 is 0.991. The van der Waals surface area contributed by atoms with Gasteiger partial charge in [-0.3, -0.25) is 4.79 Å². The first-order chi connectivity index (χ1) is 7.13. The van der Waals surface area contributed by atoms with Gasteiger partial charge in [-0.2, -0.15) is 4.98 Å². The van der Waals surface area contributed by atoms with Gasteiger partial charge in [0.1, 0.15) is 12.0 Å². The normalized spacial score (nSPS) is 9.93. The van der Waals surface area contributed by atoms with Crippen LogP contribution in [0.3, 0.4) is 0 Å². The summed E-state index contributed by atoms with van der Waals surface area (Å²) in [7, 11) is 0. The van der Waals surface area contributed by atoms with Crippen LogP contribution in [-0.4, -0.2) is 34.4 Å². The summed E-state index contributed by atoms with van der Waals surface area (Å²) in [6.07, 6.45) is 1.02. The van der Waals surface area contributed by atoms with Crippen LogP contribution in [0.15, 0.2) is 15.9 Å². The first-order valence-electron chi connectivity index (χ1n) is 4.10. The SMILES string of the molecule is CCOC(=O)CSc1nc(C(=O)O)co1. The van der Waals surface area contributed by atoms with Gasteiger partial charge >= 0.3 is 11.9 Å². The zero-order valence-electron chi connectivity index (χ0n) is 7.93. The van der Waals surface area contributed by atoms with Crippen molar-refractivity contribution in [2.45, 2.75) is 12.1 Å². The number of ether oxygens (including phenoxy) is 1. The van der Waals surface area contributed by atoms with E-state index in [2.05, 4.69) is 9.72 Å². The van der Waals surface area contributed by atoms with E-state index >= 15 is 0 Å². The zero-order chi connectivity index (χ0) is 11.3. The van der Waals surface area contributed by atoms with Crippen LogP contribution in [0.25, 0.3) is 0 Å². The third-order valence-corrected chi connectivity index (χ3v) is 2.14. The minimum atomic E-state index is -1.17. The Hall–Kier alpha value is -1.50. The van der Waals surface area contributed by atoms with E-state index in [1.54, 1.807) is 6.92 Å². The molecule has 82 valence electrons. The Morgan fingerprint density at radius 1 is 1.67 bits per heavy atom. The second-order valence-electron chi connectivity index (χ2n) is 2.40. The molecule has 0 aliphatic carbocycles. The first-order valence-corrected chi connectivity index (χ1v) is 5.09. The summed E-state index contributed by atoms with van der Waals surface area (Å²) in [6, 6.07) is 0. The van der Waals surface area contributed by atoms with Crippen LogP contribution >= 0.6 is 11.8 Å². The molecule has 1 rings (SSSR count). The molecule has 0 aliphatic heterocycles. The van der Waals surface area contributed by atoms with Gasteiger partial charge in [0.25, 0.3) is 5.22 Å². The fourth-order valence-electron chi connectivity index (χ4n) is 0.745. The molecular formula is C8H9NO5S. The minimum absolute atomic E-state index is 0.0490. The van der Waals surface area contributed by atoms with E-state index in [0.717, 1.165) is 18.0 Å². The largest absolute Gasteiger partial charge is 0.476 e. The van der Waals surface area contributed by atoms with Crippen LogP contribution in [0.1, 0.15) is 17.4 Å². The summed E-state index contributed by atoms with van der Waals surface area (Å²) in [6.45, 7) is 2.02. The fraction of sp³-hybridized carbons (Fsp3) is 0.375. The highest BCUT2D eigenvalue weighted by Gasteiger charge is 2.12. The van der Waals surface area contributed by atoms with Crippen molar-refractivity contribution < 1.29 is 23.8 Å². The molecule has 0 atom stereocenters. The van der Waals surface area contributed by atoms with E-state index in [1.807, 2.05) is 0 Å². The lowest BCUT2D eigenvalue weighted by molar-refractivity contribution is -0.139. The second-order valence-corrected chi connectivity index (χ2v) is 3.32. The Bertz CT molecular complexity index is 362. The molecule has 0 unspecified atom stereocenters. The molecule has 0 aliphatic rings. The van der Waals surface area contributed by atoms with E-state index in [4.69, 9.17) is 9.52 Å². The number of nitrogens with zero attached hydrogens (tertiary/aromatic N) is 1. The van der Waals surface area contributed by atoms with E-state index in [9.17, 15) is 9.59 Å². The maximum atomic E-state index is 10.9. The van der Waals surface area contributed by atoms with Gasteiger partial charge in [0.05, 0.1) is 6.61 Å². The smallest absolute Gasteiger partial charge is 0.357 e. The predicted molar refractivity (Wildman–Crippen MR) is 50.8 cm³/mol. The molecule has 1 aromatic heterocycles. The lowest BCUT2D eigenvalue weighted by atomic mass is 10.5. The lowest BCUT2D eigenvalue weighted by Crippen LogP contribution is -2.06. The molecule has 1 aromatic rings. The van der Waals surface area contributed by atoms with Crippen LogP contribution in [0.5, 0.6) is 0 Å². The van der Waals surface area contributed by atoms with Crippen molar-refractivity contribution in [3.63, 3.8) is 0 Å². The van der Waals surface area contributed by atoms with Crippen LogP contribution in [0, 0.1) is 0 Å². The van der Waals surface area contributed by atoms with Gasteiger partial charge in [-0.25, -0.2) is 4.79 Å². The van der Waals surface area contributed by atoms with Crippen LogP contribution in [-0.2, 0) is 9.53 Å². The van der Waals surface area contributed by atoms with E-state index < -0.39 is 11.9 Å². The topological polar surface area (TPSA) is 89.6 Å². The summed E-state index contributed by atoms with van der Waals surface area (Å²) in [4.78, 5) is 25.0. The number of carboxylic acids is 1. The summed E-state index contributed by atoms with van der Waals surface area (Å²) in [5.74, 6) is -1.51. The molecule has 0 aromatic carbocycles. The zero-order valence-corrected chi connectivity index (χ0v) is 8.74. The molecule has 0 saturated heterocycles. The highest BCUT2D eigenvalue weighted by atomic mass is 32.2. The highest BCUT2D eigenvalue weighted by molar-refractivity contribution is 7.99. The Morgan fingerprint density at radius 2 is 2.40 bits per heavy atom. The average Bonchev–Trinajstić information content (AvgIpc) is 2.63. The monoisotopic (exact) mass is 231 g/mol. The number of thioether (sulfide) groups is 1. The van der Waals surface area contributed by atoms with Crippen molar-refractivity contribution >= 4 is 23.7 Å². The van der Waals surface area contributed by atoms with Gasteiger partial charge < -0.3 is 14.3 Å². The number of aromatic nitrogens is 1. The molecule has 0 amide bonds. The molecule has 0 bridgehead atoms. The molecule has 15 heavy (non-hydrogen) atoms. The second kappa shape index (κ2) is 5.40. The number of aromatic carboxylic acids is 1. The summed E-state index contributed by atoms with van der Waals surface area (Å²) < 4.78 is 9.49. The molecule has 1 N–H and O–H groups in total. The van der Waals surface area contributed by atoms with Crippen LogP contribution in [0.4, 0.5) is 0 Å². The van der Waals surface area contributed by atoms with Crippen molar-refractivity contribution in [1.29, 1.82) is 0 Å². The number of carbonyl (C=O) groups excluding carboxylic acids is 1. The van der Waals surface area contributed by atoms with E-state index in [-0.39, 0.29) is 16.7 Å². The quantitative estimate of drug-likeness (QED) is 0.597. The Labute approximate surface area is 89.6 Å². The van der Waals surface area contributed by atoms with Crippen molar-refractivity contribution in [3.8, 4) is 0 Å². The van der Waals surface area contributed by atoms with Crippen LogP contribution < -0.4 is 0 Å². The van der Waals surface area contributed by atoms with Crippen molar-refractivity contribution in [2.24, 2.45) is 0 Å². The molecule has 7 heteroatoms. The maximum absolute atomic E-state index is 10.9. The standard InChI is InChI=1S/C8H9NO5S/c1-2-13-6(10)4-15-8-9-5(3-14-8)7(11)12/h3H,2,4H2,1H3,(H,11,12). The average molecular weight is 231 g/mol. The van der Waals surface area contributed by atoms with Gasteiger partial charge in [-0.15, -0.1) is 0 Å². The third-order valence-electron chi connectivity index (χ3n) is 1.32. The Kier molecular flexibility index (Phi) is 4.17. The molecule has 6 nitrogen and oxygen atoms in total. The lowest BCUT2D eigenvalue weighted by Gasteiger charge is -1.97. The number of hydrogen-bond donors (Lipinski definition) is 1. The van der Waals surface area contributed by atoms with Gasteiger partial charge in [-0.1, -0.05) is 11.8 Å². The van der Waals surface area contributed by atoms with Gasteiger partial charge in [-0.05, 0) is 6.92 Å². The minimum Gasteiger partial charge on any atom is -0.476 e. The first kappa shape index (κ1) is 11.6. The van der Waals surface area contributed by atoms with Gasteiger partial charge in [0.2, 0.25) is 0 Å². The number of carbonyl (C=O) groups is 2. The number of esters is 1. The van der Waals surface area contributed by atoms with Crippen molar-refractivity contribution in [1.82, 2.24) is 4.98 Å². The van der Waals surface area contributed by atoms with E-state index in [1.165, 1.54) is 0 Å². The molecule has 0 radical (unpaired) electrons. The molecule has 0 saturated carbocycles. The molecule has 0 fully saturated rings. The molecule has 1 heterocycles. The fourth-order valence-corrected chi connectivity index (χ4v) is 1.35. The third kappa shape index (κ3) is 3.62. The molecular weight excluding hydrogens is 222 g/mol. The number of oxazole rings is 1. The van der Waals surface area contributed by atoms with E-state index in [0.29, 0.717) is 6.61 Å².